The number of nitrogen functional groups attached to an aromatic ring is 1. The van der Waals surface area contributed by atoms with Gasteiger partial charge < -0.3 is 5.73 Å². The van der Waals surface area contributed by atoms with Crippen molar-refractivity contribution in [3.63, 3.8) is 0 Å². The quantitative estimate of drug-likeness (QED) is 0.703. The van der Waals surface area contributed by atoms with Gasteiger partial charge in [0.15, 0.2) is 5.43 Å². The van der Waals surface area contributed by atoms with Crippen LogP contribution in [-0.4, -0.2) is 0 Å². The van der Waals surface area contributed by atoms with Crippen LogP contribution in [0.3, 0.4) is 0 Å². The maximum Gasteiger partial charge on any atom is 0.197 e. The second kappa shape index (κ2) is 4.76. The minimum absolute atomic E-state index is 0.0387. The van der Waals surface area contributed by atoms with E-state index in [4.69, 9.17) is 17.3 Å². The Kier molecular flexibility index (Phi) is 3.19. The summed E-state index contributed by atoms with van der Waals surface area (Å²) < 4.78 is 0. The lowest BCUT2D eigenvalue weighted by molar-refractivity contribution is 0.869. The fourth-order valence-corrected chi connectivity index (χ4v) is 3.46. The molecular weight excluding hydrogens is 290 g/mol. The second-order valence-corrected chi connectivity index (χ2v) is 6.53. The van der Waals surface area contributed by atoms with Gasteiger partial charge in [0.05, 0.1) is 10.4 Å². The van der Waals surface area contributed by atoms with Gasteiger partial charge in [-0.3, -0.25) is 4.79 Å². The van der Waals surface area contributed by atoms with E-state index in [1.165, 1.54) is 11.3 Å². The molecule has 0 unspecified atom stereocenters. The van der Waals surface area contributed by atoms with E-state index in [2.05, 4.69) is 13.8 Å². The van der Waals surface area contributed by atoms with Crippen LogP contribution in [0.1, 0.15) is 25.3 Å². The molecule has 3 rings (SSSR count). The van der Waals surface area contributed by atoms with Crippen molar-refractivity contribution in [1.29, 1.82) is 0 Å². The topological polar surface area (TPSA) is 43.1 Å². The average molecular weight is 304 g/mol. The fraction of sp³-hybridized carbons (Fsp3) is 0.188. The third-order valence-corrected chi connectivity index (χ3v) is 4.71. The van der Waals surface area contributed by atoms with Crippen LogP contribution >= 0.6 is 22.9 Å². The van der Waals surface area contributed by atoms with Crippen molar-refractivity contribution in [2.75, 3.05) is 5.73 Å². The molecule has 102 valence electrons. The zero-order chi connectivity index (χ0) is 14.4. The minimum Gasteiger partial charge on any atom is -0.390 e. The molecule has 0 aliphatic heterocycles. The highest BCUT2D eigenvalue weighted by Gasteiger charge is 2.11. The van der Waals surface area contributed by atoms with Crippen molar-refractivity contribution in [3.8, 4) is 0 Å². The maximum absolute atomic E-state index is 12.8. The number of halogens is 1. The first-order chi connectivity index (χ1) is 9.49. The van der Waals surface area contributed by atoms with Crippen molar-refractivity contribution in [1.82, 2.24) is 0 Å². The number of fused-ring (bicyclic) bond motifs is 2. The third-order valence-electron chi connectivity index (χ3n) is 3.57. The average Bonchev–Trinajstić information content (AvgIpc) is 2.69. The number of hydrogen-bond donors (Lipinski definition) is 1. The molecule has 0 saturated carbocycles. The smallest absolute Gasteiger partial charge is 0.197 e. The molecule has 0 saturated heterocycles. The van der Waals surface area contributed by atoms with Gasteiger partial charge in [-0.25, -0.2) is 0 Å². The normalized spacial score (nSPS) is 11.6. The maximum atomic E-state index is 12.8. The first-order valence-corrected chi connectivity index (χ1v) is 7.68. The highest BCUT2D eigenvalue weighted by Crippen LogP contribution is 2.30. The molecule has 0 aliphatic rings. The lowest BCUT2D eigenvalue weighted by Crippen LogP contribution is -2.01. The Labute approximate surface area is 125 Å². The Hall–Kier alpha value is -1.58. The van der Waals surface area contributed by atoms with Crippen LogP contribution < -0.4 is 11.2 Å². The number of nitrogens with two attached hydrogens (primary N) is 1. The lowest BCUT2D eigenvalue weighted by atomic mass is 10.00. The Balaban J connectivity index is 2.58. The summed E-state index contributed by atoms with van der Waals surface area (Å²) in [5, 5.41) is 5.97. The number of hydrogen-bond acceptors (Lipinski definition) is 3. The van der Waals surface area contributed by atoms with Crippen molar-refractivity contribution in [3.05, 3.63) is 50.5 Å². The van der Waals surface area contributed by atoms with Crippen LogP contribution in [0.2, 0.25) is 5.02 Å². The van der Waals surface area contributed by atoms with E-state index in [1.807, 2.05) is 29.6 Å². The molecule has 3 aromatic rings. The fourth-order valence-electron chi connectivity index (χ4n) is 2.39. The van der Waals surface area contributed by atoms with Crippen LogP contribution in [0.5, 0.6) is 0 Å². The molecule has 2 aromatic carbocycles. The molecule has 0 fully saturated rings. The van der Waals surface area contributed by atoms with Crippen molar-refractivity contribution in [2.45, 2.75) is 19.8 Å². The summed E-state index contributed by atoms with van der Waals surface area (Å²) in [6, 6.07) is 7.68. The number of thiophene rings is 1. The number of anilines is 1. The Morgan fingerprint density at radius 3 is 2.65 bits per heavy atom. The van der Waals surface area contributed by atoms with E-state index >= 15 is 0 Å². The molecule has 1 aromatic heterocycles. The van der Waals surface area contributed by atoms with Crippen LogP contribution in [0.4, 0.5) is 5.00 Å². The van der Waals surface area contributed by atoms with Gasteiger partial charge in [-0.1, -0.05) is 37.6 Å². The van der Waals surface area contributed by atoms with Gasteiger partial charge in [0.25, 0.3) is 0 Å². The van der Waals surface area contributed by atoms with E-state index in [0.29, 0.717) is 26.7 Å². The first kappa shape index (κ1) is 13.4. The standard InChI is InChI=1S/C16H14ClNOS/c1-8(2)10-5-12-11(13(17)6-10)4-3-9-7-20-16(18)14(9)15(12)19/h3-8H,18H2,1-2H3. The van der Waals surface area contributed by atoms with Crippen molar-refractivity contribution >= 4 is 49.5 Å². The summed E-state index contributed by atoms with van der Waals surface area (Å²) >= 11 is 7.74. The van der Waals surface area contributed by atoms with Gasteiger partial charge in [-0.05, 0) is 29.0 Å². The van der Waals surface area contributed by atoms with E-state index in [9.17, 15) is 4.79 Å². The monoisotopic (exact) mass is 303 g/mol. The van der Waals surface area contributed by atoms with E-state index in [0.717, 1.165) is 16.3 Å². The molecule has 1 heterocycles. The summed E-state index contributed by atoms with van der Waals surface area (Å²) in [6.07, 6.45) is 0. The van der Waals surface area contributed by atoms with Gasteiger partial charge in [-0.15, -0.1) is 11.3 Å². The third kappa shape index (κ3) is 1.98. The predicted octanol–water partition coefficient (Wildman–Crippen LogP) is 4.77. The number of rotatable bonds is 1. The van der Waals surface area contributed by atoms with Crippen LogP contribution in [0.25, 0.3) is 21.5 Å². The molecule has 0 radical (unpaired) electrons. The summed E-state index contributed by atoms with van der Waals surface area (Å²) in [5.74, 6) is 0.317. The van der Waals surface area contributed by atoms with Crippen molar-refractivity contribution < 1.29 is 0 Å². The highest BCUT2D eigenvalue weighted by atomic mass is 35.5. The summed E-state index contributed by atoms with van der Waals surface area (Å²) in [5.41, 5.74) is 6.97. The summed E-state index contributed by atoms with van der Waals surface area (Å²) in [6.45, 7) is 4.17. The Morgan fingerprint density at radius 1 is 1.20 bits per heavy atom. The SMILES string of the molecule is CC(C)c1cc(Cl)c2ccc3csc(N)c3c(=O)c2c1. The Bertz CT molecular complexity index is 883. The molecule has 0 amide bonds. The Morgan fingerprint density at radius 2 is 1.95 bits per heavy atom. The zero-order valence-corrected chi connectivity index (χ0v) is 12.8. The van der Waals surface area contributed by atoms with Gasteiger partial charge in [0.1, 0.15) is 0 Å². The van der Waals surface area contributed by atoms with Crippen LogP contribution in [-0.2, 0) is 0 Å². The predicted molar refractivity (Wildman–Crippen MR) is 89.1 cm³/mol. The highest BCUT2D eigenvalue weighted by molar-refractivity contribution is 7.15. The summed E-state index contributed by atoms with van der Waals surface area (Å²) in [7, 11) is 0. The second-order valence-electron chi connectivity index (χ2n) is 5.21. The van der Waals surface area contributed by atoms with Gasteiger partial charge in [0.2, 0.25) is 0 Å². The van der Waals surface area contributed by atoms with Crippen LogP contribution in [0, 0.1) is 0 Å². The summed E-state index contributed by atoms with van der Waals surface area (Å²) in [4.78, 5) is 12.8. The molecule has 0 aliphatic carbocycles. The molecule has 4 heteroatoms. The van der Waals surface area contributed by atoms with Crippen LogP contribution in [0.15, 0.2) is 34.4 Å². The van der Waals surface area contributed by atoms with Gasteiger partial charge in [-0.2, -0.15) is 0 Å². The van der Waals surface area contributed by atoms with E-state index in [1.54, 1.807) is 0 Å². The molecule has 0 atom stereocenters. The first-order valence-electron chi connectivity index (χ1n) is 6.42. The number of benzene rings is 1. The zero-order valence-electron chi connectivity index (χ0n) is 11.2. The molecule has 20 heavy (non-hydrogen) atoms. The molecule has 2 nitrogen and oxygen atoms in total. The van der Waals surface area contributed by atoms with E-state index < -0.39 is 0 Å². The lowest BCUT2D eigenvalue weighted by Gasteiger charge is -2.07. The minimum atomic E-state index is -0.0387. The largest absolute Gasteiger partial charge is 0.390 e. The molecule has 0 bridgehead atoms. The van der Waals surface area contributed by atoms with Gasteiger partial charge in [0, 0.05) is 21.2 Å². The molecular formula is C16H14ClNOS. The molecule has 2 N–H and O–H groups in total. The van der Waals surface area contributed by atoms with Gasteiger partial charge >= 0.3 is 0 Å². The van der Waals surface area contributed by atoms with Crippen molar-refractivity contribution in [2.24, 2.45) is 0 Å². The van der Waals surface area contributed by atoms with E-state index in [-0.39, 0.29) is 5.43 Å². The molecule has 0 spiro atoms.